The third-order valence-corrected chi connectivity index (χ3v) is 5.75. The third kappa shape index (κ3) is 3.17. The molecule has 8 heteroatoms. The molecule has 2 N–H and O–H groups in total. The molecule has 0 atom stereocenters. The average Bonchev–Trinajstić information content (AvgIpc) is 3.46. The number of anilines is 2. The number of hydrogen-bond donors (Lipinski definition) is 2. The van der Waals surface area contributed by atoms with E-state index >= 15 is 0 Å². The van der Waals surface area contributed by atoms with Crippen LogP contribution >= 0.6 is 11.6 Å². The van der Waals surface area contributed by atoms with Gasteiger partial charge in [-0.3, -0.25) is 14.7 Å². The van der Waals surface area contributed by atoms with Gasteiger partial charge in [0.25, 0.3) is 0 Å². The lowest BCUT2D eigenvalue weighted by atomic mass is 9.98. The SMILES string of the molecule is O=C(Nc1cc2cc(-c3cncc4c3CCN4C(=O)O)cc(Cl)c2cn1)C1CC1. The van der Waals surface area contributed by atoms with Gasteiger partial charge < -0.3 is 10.4 Å². The van der Waals surface area contributed by atoms with Crippen LogP contribution in [-0.4, -0.2) is 33.6 Å². The Morgan fingerprint density at radius 2 is 2.00 bits per heavy atom. The van der Waals surface area contributed by atoms with Crippen molar-refractivity contribution in [1.29, 1.82) is 0 Å². The summed E-state index contributed by atoms with van der Waals surface area (Å²) in [6, 6.07) is 5.62. The molecule has 7 nitrogen and oxygen atoms in total. The van der Waals surface area contributed by atoms with Gasteiger partial charge in [-0.2, -0.15) is 0 Å². The number of halogens is 1. The standard InChI is InChI=1S/C21H17ClN4O3/c22-17-6-12(15-8-23-10-18-14(15)3-4-26(18)21(28)29)5-13-7-19(24-9-16(13)17)25-20(27)11-1-2-11/h5-11H,1-4H2,(H,28,29)(H,24,25,27). The number of carbonyl (C=O) groups is 2. The molecule has 3 heterocycles. The molecular weight excluding hydrogens is 392 g/mol. The quantitative estimate of drug-likeness (QED) is 0.672. The van der Waals surface area contributed by atoms with Crippen molar-refractivity contribution in [3.05, 3.63) is 47.4 Å². The average molecular weight is 409 g/mol. The molecule has 2 aliphatic rings. The molecule has 2 aromatic heterocycles. The lowest BCUT2D eigenvalue weighted by molar-refractivity contribution is -0.117. The Bertz CT molecular complexity index is 1180. The van der Waals surface area contributed by atoms with Crippen molar-refractivity contribution in [3.63, 3.8) is 0 Å². The first-order chi connectivity index (χ1) is 14.0. The highest BCUT2D eigenvalue weighted by Gasteiger charge is 2.30. The lowest BCUT2D eigenvalue weighted by Gasteiger charge is -2.14. The van der Waals surface area contributed by atoms with Crippen LogP contribution in [-0.2, 0) is 11.2 Å². The minimum Gasteiger partial charge on any atom is -0.465 e. The second-order valence-corrected chi connectivity index (χ2v) is 7.79. The second kappa shape index (κ2) is 6.70. The van der Waals surface area contributed by atoms with Crippen LogP contribution in [0.5, 0.6) is 0 Å². The van der Waals surface area contributed by atoms with E-state index in [1.165, 1.54) is 4.90 Å². The van der Waals surface area contributed by atoms with Crippen LogP contribution in [0.2, 0.25) is 5.02 Å². The first-order valence-electron chi connectivity index (χ1n) is 9.39. The topological polar surface area (TPSA) is 95.4 Å². The van der Waals surface area contributed by atoms with Crippen LogP contribution in [0.1, 0.15) is 18.4 Å². The van der Waals surface area contributed by atoms with Crippen molar-refractivity contribution >= 4 is 45.9 Å². The Morgan fingerprint density at radius 3 is 2.76 bits per heavy atom. The molecule has 3 aromatic rings. The van der Waals surface area contributed by atoms with E-state index in [2.05, 4.69) is 15.3 Å². The molecule has 1 aliphatic carbocycles. The van der Waals surface area contributed by atoms with Crippen molar-refractivity contribution in [3.8, 4) is 11.1 Å². The van der Waals surface area contributed by atoms with E-state index in [4.69, 9.17) is 11.6 Å². The number of fused-ring (bicyclic) bond motifs is 2. The van der Waals surface area contributed by atoms with E-state index < -0.39 is 6.09 Å². The minimum absolute atomic E-state index is 0.00191. The van der Waals surface area contributed by atoms with Crippen molar-refractivity contribution in [2.24, 2.45) is 5.92 Å². The maximum atomic E-state index is 12.0. The van der Waals surface area contributed by atoms with Gasteiger partial charge in [0.2, 0.25) is 5.91 Å². The zero-order valence-electron chi connectivity index (χ0n) is 15.4. The smallest absolute Gasteiger partial charge is 0.411 e. The van der Waals surface area contributed by atoms with Gasteiger partial charge in [0.1, 0.15) is 5.82 Å². The van der Waals surface area contributed by atoms with E-state index in [1.54, 1.807) is 18.6 Å². The fraction of sp³-hybridized carbons (Fsp3) is 0.238. The molecule has 0 radical (unpaired) electrons. The highest BCUT2D eigenvalue weighted by molar-refractivity contribution is 6.36. The maximum Gasteiger partial charge on any atom is 0.411 e. The molecule has 1 saturated carbocycles. The molecule has 0 unspecified atom stereocenters. The summed E-state index contributed by atoms with van der Waals surface area (Å²) in [5, 5.41) is 14.4. The Balaban J connectivity index is 1.57. The summed E-state index contributed by atoms with van der Waals surface area (Å²) in [5.74, 6) is 0.589. The van der Waals surface area contributed by atoms with Gasteiger partial charge in [-0.05, 0) is 54.0 Å². The molecule has 0 bridgehead atoms. The number of nitrogens with zero attached hydrogens (tertiary/aromatic N) is 3. The predicted molar refractivity (Wildman–Crippen MR) is 110 cm³/mol. The number of aromatic nitrogens is 2. The van der Waals surface area contributed by atoms with Gasteiger partial charge in [0, 0.05) is 35.8 Å². The molecule has 0 saturated heterocycles. The number of amides is 2. The molecule has 146 valence electrons. The summed E-state index contributed by atoms with van der Waals surface area (Å²) >= 11 is 6.51. The number of carbonyl (C=O) groups excluding carboxylic acids is 1. The third-order valence-electron chi connectivity index (χ3n) is 5.44. The van der Waals surface area contributed by atoms with Crippen molar-refractivity contribution in [2.45, 2.75) is 19.3 Å². The van der Waals surface area contributed by atoms with Crippen molar-refractivity contribution < 1.29 is 14.7 Å². The Hall–Kier alpha value is -3.19. The molecule has 29 heavy (non-hydrogen) atoms. The molecular formula is C21H17ClN4O3. The van der Waals surface area contributed by atoms with E-state index in [1.807, 2.05) is 18.2 Å². The minimum atomic E-state index is -0.985. The normalized spacial score (nSPS) is 15.4. The highest BCUT2D eigenvalue weighted by atomic mass is 35.5. The molecule has 2 amide bonds. The van der Waals surface area contributed by atoms with E-state index in [0.717, 1.165) is 40.3 Å². The number of hydrogen-bond acceptors (Lipinski definition) is 4. The molecule has 0 spiro atoms. The fourth-order valence-corrected chi connectivity index (χ4v) is 4.05. The number of nitrogens with one attached hydrogen (secondary N) is 1. The lowest BCUT2D eigenvalue weighted by Crippen LogP contribution is -2.26. The van der Waals surface area contributed by atoms with E-state index in [-0.39, 0.29) is 11.8 Å². The number of rotatable bonds is 3. The molecule has 1 aliphatic heterocycles. The predicted octanol–water partition coefficient (Wildman–Crippen LogP) is 4.34. The Labute approximate surface area is 171 Å². The van der Waals surface area contributed by atoms with Crippen LogP contribution in [0.3, 0.4) is 0 Å². The number of benzene rings is 1. The van der Waals surface area contributed by atoms with E-state index in [0.29, 0.717) is 29.5 Å². The summed E-state index contributed by atoms with van der Waals surface area (Å²) in [7, 11) is 0. The fourth-order valence-electron chi connectivity index (χ4n) is 3.77. The second-order valence-electron chi connectivity index (χ2n) is 7.38. The molecule has 5 rings (SSSR count). The Kier molecular flexibility index (Phi) is 4.13. The Morgan fingerprint density at radius 1 is 1.17 bits per heavy atom. The van der Waals surface area contributed by atoms with Crippen LogP contribution in [0.4, 0.5) is 16.3 Å². The van der Waals surface area contributed by atoms with Gasteiger partial charge in [-0.15, -0.1) is 0 Å². The van der Waals surface area contributed by atoms with E-state index in [9.17, 15) is 14.7 Å². The zero-order chi connectivity index (χ0) is 20.1. The van der Waals surface area contributed by atoms with Crippen LogP contribution in [0.15, 0.2) is 36.8 Å². The van der Waals surface area contributed by atoms with Crippen LogP contribution in [0.25, 0.3) is 21.9 Å². The summed E-state index contributed by atoms with van der Waals surface area (Å²) in [5.41, 5.74) is 3.26. The zero-order valence-corrected chi connectivity index (χ0v) is 16.1. The van der Waals surface area contributed by atoms with Gasteiger partial charge in [0.15, 0.2) is 0 Å². The monoisotopic (exact) mass is 408 g/mol. The number of carboxylic acid groups (broad SMARTS) is 1. The summed E-state index contributed by atoms with van der Waals surface area (Å²) in [6.45, 7) is 0.409. The van der Waals surface area contributed by atoms with Gasteiger partial charge in [-0.25, -0.2) is 9.78 Å². The first-order valence-corrected chi connectivity index (χ1v) is 9.77. The van der Waals surface area contributed by atoms with Gasteiger partial charge in [-0.1, -0.05) is 11.6 Å². The summed E-state index contributed by atoms with van der Waals surface area (Å²) < 4.78 is 0. The summed E-state index contributed by atoms with van der Waals surface area (Å²) in [4.78, 5) is 33.4. The largest absolute Gasteiger partial charge is 0.465 e. The van der Waals surface area contributed by atoms with Gasteiger partial charge in [0.05, 0.1) is 16.9 Å². The maximum absolute atomic E-state index is 12.0. The highest BCUT2D eigenvalue weighted by Crippen LogP contribution is 2.38. The molecule has 1 aromatic carbocycles. The first kappa shape index (κ1) is 17.9. The summed E-state index contributed by atoms with van der Waals surface area (Å²) in [6.07, 6.45) is 6.46. The van der Waals surface area contributed by atoms with Gasteiger partial charge >= 0.3 is 6.09 Å². The van der Waals surface area contributed by atoms with Crippen LogP contribution < -0.4 is 10.2 Å². The van der Waals surface area contributed by atoms with Crippen LogP contribution in [0, 0.1) is 5.92 Å². The molecule has 1 fully saturated rings. The van der Waals surface area contributed by atoms with Crippen molar-refractivity contribution in [2.75, 3.05) is 16.8 Å². The van der Waals surface area contributed by atoms with Crippen molar-refractivity contribution in [1.82, 2.24) is 9.97 Å². The number of pyridine rings is 2.